The monoisotopic (exact) mass is 483 g/mol. The van der Waals surface area contributed by atoms with E-state index < -0.39 is 5.82 Å². The second-order valence-corrected chi connectivity index (χ2v) is 9.15. The van der Waals surface area contributed by atoms with Crippen molar-refractivity contribution in [3.63, 3.8) is 0 Å². The molecule has 3 aromatic heterocycles. The predicted molar refractivity (Wildman–Crippen MR) is 125 cm³/mol. The van der Waals surface area contributed by atoms with Gasteiger partial charge in [-0.15, -0.1) is 0 Å². The minimum atomic E-state index is -0.537. The molecule has 2 saturated heterocycles. The van der Waals surface area contributed by atoms with E-state index in [2.05, 4.69) is 15.0 Å². The third-order valence-electron chi connectivity index (χ3n) is 6.47. The van der Waals surface area contributed by atoms with E-state index >= 15 is 4.39 Å². The van der Waals surface area contributed by atoms with Crippen LogP contribution in [0.2, 0.25) is 5.02 Å². The van der Waals surface area contributed by atoms with Crippen LogP contribution in [-0.2, 0) is 16.5 Å². The maximum absolute atomic E-state index is 15.0. The van der Waals surface area contributed by atoms with Gasteiger partial charge in [-0.1, -0.05) is 11.6 Å². The molecule has 3 aliphatic heterocycles. The van der Waals surface area contributed by atoms with Crippen molar-refractivity contribution in [2.45, 2.75) is 25.4 Å². The van der Waals surface area contributed by atoms with Crippen LogP contribution in [0.3, 0.4) is 0 Å². The van der Waals surface area contributed by atoms with Gasteiger partial charge in [0.05, 0.1) is 23.5 Å². The molecule has 176 valence electrons. The molecule has 34 heavy (non-hydrogen) atoms. The van der Waals surface area contributed by atoms with E-state index in [4.69, 9.17) is 31.1 Å². The highest BCUT2D eigenvalue weighted by Gasteiger charge is 2.49. The van der Waals surface area contributed by atoms with Crippen LogP contribution in [0.4, 0.5) is 15.9 Å². The topological polar surface area (TPSA) is 84.2 Å². The van der Waals surface area contributed by atoms with E-state index in [1.165, 1.54) is 12.3 Å². The Morgan fingerprint density at radius 3 is 2.79 bits per heavy atom. The van der Waals surface area contributed by atoms with E-state index in [1.807, 2.05) is 44.4 Å². The number of epoxide rings is 1. The third-order valence-corrected chi connectivity index (χ3v) is 6.68. The molecule has 2 unspecified atom stereocenters. The molecule has 0 bridgehead atoms. The molecule has 3 aromatic rings. The maximum atomic E-state index is 15.0. The summed E-state index contributed by atoms with van der Waals surface area (Å²) in [7, 11) is 3.81. The summed E-state index contributed by atoms with van der Waals surface area (Å²) >= 11 is 5.97. The number of amidine groups is 1. The number of fused-ring (bicyclic) bond motifs is 3. The minimum absolute atomic E-state index is 0.131. The van der Waals surface area contributed by atoms with Crippen molar-refractivity contribution in [2.24, 2.45) is 12.0 Å². The minimum Gasteiger partial charge on any atom is -0.370 e. The number of aliphatic imine (C=N–C) groups is 1. The number of nitrogens with zero attached hydrogens (tertiary/aromatic N) is 7. The van der Waals surface area contributed by atoms with Crippen LogP contribution in [0, 0.1) is 5.82 Å². The van der Waals surface area contributed by atoms with E-state index in [-0.39, 0.29) is 29.2 Å². The SMILES string of the molecule is CC1=Nc2cc(N3CCO[C@H](c4cnn(C)c4)C3)nc(-c3ncc(Cl)cc3F)c2C2OC2N1C. The first-order valence-electron chi connectivity index (χ1n) is 11.0. The van der Waals surface area contributed by atoms with Crippen LogP contribution in [0.15, 0.2) is 35.7 Å². The van der Waals surface area contributed by atoms with Crippen molar-refractivity contribution >= 4 is 28.9 Å². The zero-order chi connectivity index (χ0) is 23.6. The number of ether oxygens (including phenoxy) is 2. The van der Waals surface area contributed by atoms with Gasteiger partial charge in [-0.25, -0.2) is 19.4 Å². The second-order valence-electron chi connectivity index (χ2n) is 8.72. The van der Waals surface area contributed by atoms with Gasteiger partial charge in [0.15, 0.2) is 12.0 Å². The molecule has 0 aromatic carbocycles. The number of anilines is 1. The van der Waals surface area contributed by atoms with Crippen LogP contribution in [-0.4, -0.2) is 63.5 Å². The van der Waals surface area contributed by atoms with Crippen molar-refractivity contribution in [3.8, 4) is 11.4 Å². The summed E-state index contributed by atoms with van der Waals surface area (Å²) in [5.74, 6) is 0.958. The molecule has 0 radical (unpaired) electrons. The molecular weight excluding hydrogens is 461 g/mol. The quantitative estimate of drug-likeness (QED) is 0.526. The van der Waals surface area contributed by atoms with E-state index in [0.717, 1.165) is 17.0 Å². The summed E-state index contributed by atoms with van der Waals surface area (Å²) in [5, 5.41) is 4.49. The molecule has 0 saturated carbocycles. The summed E-state index contributed by atoms with van der Waals surface area (Å²) in [5.41, 5.74) is 2.99. The molecule has 0 amide bonds. The van der Waals surface area contributed by atoms with Crippen LogP contribution in [0.5, 0.6) is 0 Å². The normalized spacial score (nSPS) is 23.8. The average molecular weight is 484 g/mol. The highest BCUT2D eigenvalue weighted by molar-refractivity contribution is 6.30. The molecule has 0 aliphatic carbocycles. The van der Waals surface area contributed by atoms with Gasteiger partial charge in [-0.3, -0.25) is 4.68 Å². The fraction of sp³-hybridized carbons (Fsp3) is 0.391. The number of aromatic nitrogens is 4. The standard InChI is InChI=1S/C23H23ClFN7O2/c1-12-28-16-7-18(32-4-5-33-17(11-32)13-8-27-30(2)10-13)29-21(19(16)22-23(34-22)31(12)3)20-15(25)6-14(24)9-26-20/h6-10,17,22-23H,4-5,11H2,1-3H3/t17-,22?,23?/m0/s1. The summed E-state index contributed by atoms with van der Waals surface area (Å²) < 4.78 is 28.7. The molecule has 2 fully saturated rings. The van der Waals surface area contributed by atoms with Crippen LogP contribution >= 0.6 is 11.6 Å². The zero-order valence-corrected chi connectivity index (χ0v) is 19.7. The van der Waals surface area contributed by atoms with Gasteiger partial charge in [0.25, 0.3) is 0 Å². The first-order chi connectivity index (χ1) is 16.4. The molecular formula is C23H23ClFN7O2. The Hall–Kier alpha value is -3.08. The van der Waals surface area contributed by atoms with Crippen molar-refractivity contribution in [2.75, 3.05) is 31.6 Å². The Bertz CT molecular complexity index is 1310. The van der Waals surface area contributed by atoms with Crippen molar-refractivity contribution in [1.29, 1.82) is 0 Å². The lowest BCUT2D eigenvalue weighted by Crippen LogP contribution is -2.38. The Morgan fingerprint density at radius 1 is 1.18 bits per heavy atom. The average Bonchev–Trinajstić information content (AvgIpc) is 3.50. The Labute approximate surface area is 200 Å². The molecule has 11 heteroatoms. The van der Waals surface area contributed by atoms with Gasteiger partial charge in [-0.05, 0) is 13.0 Å². The lowest BCUT2D eigenvalue weighted by molar-refractivity contribution is 0.0395. The smallest absolute Gasteiger partial charge is 0.162 e. The Kier molecular flexibility index (Phi) is 5.05. The van der Waals surface area contributed by atoms with Gasteiger partial charge in [0, 0.05) is 56.8 Å². The van der Waals surface area contributed by atoms with E-state index in [0.29, 0.717) is 36.9 Å². The molecule has 3 atom stereocenters. The fourth-order valence-corrected chi connectivity index (χ4v) is 4.69. The highest BCUT2D eigenvalue weighted by atomic mass is 35.5. The van der Waals surface area contributed by atoms with Crippen LogP contribution in [0.1, 0.15) is 30.3 Å². The number of rotatable bonds is 3. The molecule has 6 heterocycles. The summed E-state index contributed by atoms with van der Waals surface area (Å²) in [6, 6.07) is 3.19. The van der Waals surface area contributed by atoms with Crippen LogP contribution < -0.4 is 4.90 Å². The second kappa shape index (κ2) is 8.00. The Balaban J connectivity index is 1.47. The third kappa shape index (κ3) is 3.62. The first-order valence-corrected chi connectivity index (χ1v) is 11.4. The number of halogens is 2. The lowest BCUT2D eigenvalue weighted by atomic mass is 10.0. The molecule has 0 spiro atoms. The fourth-order valence-electron chi connectivity index (χ4n) is 4.55. The number of pyridine rings is 2. The molecule has 0 N–H and O–H groups in total. The number of morpholine rings is 1. The van der Waals surface area contributed by atoms with Gasteiger partial charge < -0.3 is 19.3 Å². The Morgan fingerprint density at radius 2 is 2.03 bits per heavy atom. The molecule has 6 rings (SSSR count). The van der Waals surface area contributed by atoms with Gasteiger partial charge in [0.1, 0.15) is 35.2 Å². The number of hydrogen-bond acceptors (Lipinski definition) is 8. The predicted octanol–water partition coefficient (Wildman–Crippen LogP) is 3.64. The van der Waals surface area contributed by atoms with Gasteiger partial charge >= 0.3 is 0 Å². The zero-order valence-electron chi connectivity index (χ0n) is 18.9. The first kappa shape index (κ1) is 21.5. The highest BCUT2D eigenvalue weighted by Crippen LogP contribution is 2.51. The lowest BCUT2D eigenvalue weighted by Gasteiger charge is -2.34. The number of likely N-dealkylation sites (N-methyl/N-ethyl adjacent to an activating group) is 1. The summed E-state index contributed by atoms with van der Waals surface area (Å²) in [4.78, 5) is 18.2. The van der Waals surface area contributed by atoms with Crippen molar-refractivity contribution < 1.29 is 13.9 Å². The largest absolute Gasteiger partial charge is 0.370 e. The van der Waals surface area contributed by atoms with Crippen molar-refractivity contribution in [3.05, 3.63) is 52.7 Å². The van der Waals surface area contributed by atoms with E-state index in [9.17, 15) is 0 Å². The molecule has 3 aliphatic rings. The van der Waals surface area contributed by atoms with Crippen molar-refractivity contribution in [1.82, 2.24) is 24.6 Å². The number of aryl methyl sites for hydroxylation is 1. The maximum Gasteiger partial charge on any atom is 0.162 e. The van der Waals surface area contributed by atoms with Gasteiger partial charge in [0.2, 0.25) is 0 Å². The summed E-state index contributed by atoms with van der Waals surface area (Å²) in [6.45, 7) is 3.68. The van der Waals surface area contributed by atoms with E-state index in [1.54, 1.807) is 4.68 Å². The van der Waals surface area contributed by atoms with Gasteiger partial charge in [-0.2, -0.15) is 5.10 Å². The summed E-state index contributed by atoms with van der Waals surface area (Å²) in [6.07, 6.45) is 4.61. The number of hydrogen-bond donors (Lipinski definition) is 0. The van der Waals surface area contributed by atoms with Crippen LogP contribution in [0.25, 0.3) is 11.4 Å². The molecule has 9 nitrogen and oxygen atoms in total.